The molecule has 4 bridgehead atoms. The van der Waals surface area contributed by atoms with Crippen LogP contribution in [0, 0.1) is 40.2 Å². The third kappa shape index (κ3) is 4.33. The maximum atomic E-state index is 13.4. The Morgan fingerprint density at radius 3 is 2.39 bits per heavy atom. The maximum Gasteiger partial charge on any atom is 0.339 e. The lowest BCUT2D eigenvalue weighted by atomic mass is 9.48. The van der Waals surface area contributed by atoms with Crippen LogP contribution in [0.3, 0.4) is 0 Å². The molecule has 0 unspecified atom stereocenters. The molecule has 0 aliphatic heterocycles. The zero-order valence-corrected chi connectivity index (χ0v) is 20.2. The number of nitrogens with zero attached hydrogens (tertiary/aromatic N) is 2. The molecule has 0 amide bonds. The first-order valence-corrected chi connectivity index (χ1v) is 13.1. The predicted octanol–water partition coefficient (Wildman–Crippen LogP) is 5.84. The molecule has 0 radical (unpaired) electrons. The summed E-state index contributed by atoms with van der Waals surface area (Å²) >= 11 is 2.60. The van der Waals surface area contributed by atoms with Crippen molar-refractivity contribution in [2.45, 2.75) is 67.7 Å². The number of carbonyl (C=O) groups excluding carboxylic acids is 2. The summed E-state index contributed by atoms with van der Waals surface area (Å²) < 4.78 is 6.25. The minimum atomic E-state index is -0.861. The van der Waals surface area contributed by atoms with Crippen LogP contribution in [0.1, 0.15) is 61.5 Å². The van der Waals surface area contributed by atoms with Crippen molar-refractivity contribution in [2.24, 2.45) is 23.2 Å². The first-order valence-electron chi connectivity index (χ1n) is 11.4. The molecule has 4 aliphatic carbocycles. The second kappa shape index (κ2) is 8.51. The van der Waals surface area contributed by atoms with E-state index in [1.165, 1.54) is 54.5 Å². The van der Waals surface area contributed by atoms with E-state index < -0.39 is 17.0 Å². The van der Waals surface area contributed by atoms with Crippen molar-refractivity contribution >= 4 is 40.5 Å². The number of aryl methyl sites for hydroxylation is 1. The number of aromatic nitrogens is 1. The van der Waals surface area contributed by atoms with Crippen LogP contribution >= 0.6 is 23.1 Å². The molecular weight excluding hydrogens is 460 g/mol. The smallest absolute Gasteiger partial charge is 0.339 e. The van der Waals surface area contributed by atoms with E-state index in [0.717, 1.165) is 25.0 Å². The number of hydrogen-bond acceptors (Lipinski definition) is 8. The number of nitro benzene ring substituents is 1. The van der Waals surface area contributed by atoms with E-state index in [1.54, 1.807) is 13.0 Å². The summed E-state index contributed by atoms with van der Waals surface area (Å²) in [6.45, 7) is 3.50. The highest BCUT2D eigenvalue weighted by Gasteiger charge is 2.55. The SMILES string of the molecule is Cc1csc(Sc2ccc(C(=O)O[C@@H](C)C(=O)C34CC5CC(CC(C5)C3)C4)cc2[N+](=O)[O-])n1. The van der Waals surface area contributed by atoms with Gasteiger partial charge in [0.15, 0.2) is 16.2 Å². The highest BCUT2D eigenvalue weighted by atomic mass is 32.2. The lowest BCUT2D eigenvalue weighted by Gasteiger charge is -2.56. The van der Waals surface area contributed by atoms with E-state index in [1.807, 2.05) is 12.3 Å². The Bertz CT molecular complexity index is 1090. The second-order valence-corrected chi connectivity index (χ2v) is 12.1. The fraction of sp³-hybridized carbons (Fsp3) is 0.542. The highest BCUT2D eigenvalue weighted by Crippen LogP contribution is 2.60. The third-order valence-corrected chi connectivity index (χ3v) is 9.52. The molecule has 1 atom stereocenters. The molecule has 1 aromatic heterocycles. The average Bonchev–Trinajstić information content (AvgIpc) is 3.16. The van der Waals surface area contributed by atoms with E-state index in [9.17, 15) is 19.7 Å². The van der Waals surface area contributed by atoms with Crippen LogP contribution in [0.4, 0.5) is 5.69 Å². The molecule has 9 heteroatoms. The lowest BCUT2D eigenvalue weighted by Crippen LogP contribution is -2.52. The zero-order chi connectivity index (χ0) is 23.3. The first kappa shape index (κ1) is 22.5. The predicted molar refractivity (Wildman–Crippen MR) is 125 cm³/mol. The van der Waals surface area contributed by atoms with Crippen molar-refractivity contribution in [1.29, 1.82) is 0 Å². The summed E-state index contributed by atoms with van der Waals surface area (Å²) in [7, 11) is 0. The number of rotatable bonds is 7. The van der Waals surface area contributed by atoms with Gasteiger partial charge in [0, 0.05) is 22.6 Å². The molecular formula is C24H26N2O5S2. The number of ketones is 1. The molecule has 1 heterocycles. The van der Waals surface area contributed by atoms with E-state index in [4.69, 9.17) is 4.74 Å². The van der Waals surface area contributed by atoms with Crippen molar-refractivity contribution < 1.29 is 19.2 Å². The largest absolute Gasteiger partial charge is 0.451 e. The van der Waals surface area contributed by atoms with Gasteiger partial charge in [-0.25, -0.2) is 9.78 Å². The van der Waals surface area contributed by atoms with Gasteiger partial charge in [0.1, 0.15) is 0 Å². The number of esters is 1. The monoisotopic (exact) mass is 486 g/mol. The number of hydrogen-bond donors (Lipinski definition) is 0. The second-order valence-electron chi connectivity index (χ2n) is 9.91. The van der Waals surface area contributed by atoms with Crippen LogP contribution in [-0.2, 0) is 9.53 Å². The Morgan fingerprint density at radius 1 is 1.21 bits per heavy atom. The summed E-state index contributed by atoms with van der Waals surface area (Å²) in [6, 6.07) is 4.29. The topological polar surface area (TPSA) is 99.4 Å². The average molecular weight is 487 g/mol. The molecule has 0 N–H and O–H groups in total. The minimum Gasteiger partial charge on any atom is -0.451 e. The molecule has 1 aromatic carbocycles. The Balaban J connectivity index is 1.30. The van der Waals surface area contributed by atoms with Gasteiger partial charge in [-0.1, -0.05) is 11.8 Å². The Hall–Kier alpha value is -2.26. The fourth-order valence-electron chi connectivity index (χ4n) is 6.47. The van der Waals surface area contributed by atoms with Crippen LogP contribution in [0.2, 0.25) is 0 Å². The van der Waals surface area contributed by atoms with E-state index in [0.29, 0.717) is 27.0 Å². The molecule has 0 spiro atoms. The Morgan fingerprint density at radius 2 is 1.85 bits per heavy atom. The minimum absolute atomic E-state index is 0.0239. The molecule has 7 nitrogen and oxygen atoms in total. The van der Waals surface area contributed by atoms with E-state index in [2.05, 4.69) is 4.98 Å². The van der Waals surface area contributed by atoms with Crippen molar-refractivity contribution in [1.82, 2.24) is 4.98 Å². The summed E-state index contributed by atoms with van der Waals surface area (Å²) in [5.74, 6) is 1.19. The standard InChI is InChI=1S/C24H26N2O5S2/c1-13-12-32-23(25-13)33-20-4-3-18(8-19(20)26(29)30)22(28)31-14(2)21(27)24-9-15-5-16(10-24)7-17(6-15)11-24/h3-4,8,12,14-17H,5-7,9-11H2,1-2H3/t14-,15?,16?,17?,24?/m0/s1. The van der Waals surface area contributed by atoms with Gasteiger partial charge in [-0.2, -0.15) is 0 Å². The van der Waals surface area contributed by atoms with Crippen LogP contribution in [0.25, 0.3) is 0 Å². The van der Waals surface area contributed by atoms with Gasteiger partial charge in [0.25, 0.3) is 5.69 Å². The first-order chi connectivity index (χ1) is 15.7. The van der Waals surface area contributed by atoms with Gasteiger partial charge < -0.3 is 4.74 Å². The van der Waals surface area contributed by atoms with E-state index in [-0.39, 0.29) is 22.4 Å². The normalized spacial score (nSPS) is 28.5. The van der Waals surface area contributed by atoms with Crippen LogP contribution in [-0.4, -0.2) is 27.8 Å². The molecule has 6 rings (SSSR count). The lowest BCUT2D eigenvalue weighted by molar-refractivity contribution is -0.387. The molecule has 2 aromatic rings. The number of ether oxygens (including phenoxy) is 1. The molecule has 0 saturated heterocycles. The van der Waals surface area contributed by atoms with Gasteiger partial charge in [-0.15, -0.1) is 11.3 Å². The number of thiazole rings is 1. The molecule has 33 heavy (non-hydrogen) atoms. The molecule has 4 fully saturated rings. The number of carbonyl (C=O) groups is 2. The summed E-state index contributed by atoms with van der Waals surface area (Å²) in [4.78, 5) is 42.1. The van der Waals surface area contributed by atoms with Gasteiger partial charge in [-0.05, 0) is 82.3 Å². The quantitative estimate of drug-likeness (QED) is 0.275. The van der Waals surface area contributed by atoms with Gasteiger partial charge in [0.2, 0.25) is 0 Å². The Labute approximate surface area is 200 Å². The summed E-state index contributed by atoms with van der Waals surface area (Å²) in [5.41, 5.74) is 0.393. The van der Waals surface area contributed by atoms with Crippen molar-refractivity contribution in [3.8, 4) is 0 Å². The van der Waals surface area contributed by atoms with E-state index >= 15 is 0 Å². The van der Waals surface area contributed by atoms with Gasteiger partial charge in [0.05, 0.1) is 15.4 Å². The molecule has 4 saturated carbocycles. The van der Waals surface area contributed by atoms with Crippen LogP contribution in [0.15, 0.2) is 32.8 Å². The summed E-state index contributed by atoms with van der Waals surface area (Å²) in [5, 5.41) is 13.5. The van der Waals surface area contributed by atoms with Gasteiger partial charge >= 0.3 is 5.97 Å². The summed E-state index contributed by atoms with van der Waals surface area (Å²) in [6.07, 6.45) is 5.56. The highest BCUT2D eigenvalue weighted by molar-refractivity contribution is 8.01. The third-order valence-electron chi connectivity index (χ3n) is 7.40. The zero-order valence-electron chi connectivity index (χ0n) is 18.6. The van der Waals surface area contributed by atoms with Gasteiger partial charge in [-0.3, -0.25) is 14.9 Å². The van der Waals surface area contributed by atoms with Crippen LogP contribution in [0.5, 0.6) is 0 Å². The fourth-order valence-corrected chi connectivity index (χ4v) is 8.35. The van der Waals surface area contributed by atoms with Crippen molar-refractivity contribution in [3.63, 3.8) is 0 Å². The van der Waals surface area contributed by atoms with Crippen molar-refractivity contribution in [2.75, 3.05) is 0 Å². The number of nitro groups is 1. The molecule has 4 aliphatic rings. The maximum absolute atomic E-state index is 13.4. The Kier molecular flexibility index (Phi) is 5.81. The van der Waals surface area contributed by atoms with Crippen molar-refractivity contribution in [3.05, 3.63) is 45.0 Å². The number of Topliss-reactive ketones (excluding diaryl/α,β-unsaturated/α-hetero) is 1. The van der Waals surface area contributed by atoms with Crippen LogP contribution < -0.4 is 0 Å². The molecule has 174 valence electrons. The number of benzene rings is 1.